The quantitative estimate of drug-likeness (QED) is 0.899. The van der Waals surface area contributed by atoms with Crippen LogP contribution in [0.4, 0.5) is 5.69 Å². The minimum absolute atomic E-state index is 1.09. The number of piperazine rings is 2. The van der Waals surface area contributed by atoms with Crippen molar-refractivity contribution in [2.45, 2.75) is 13.5 Å². The van der Waals surface area contributed by atoms with Crippen molar-refractivity contribution in [3.8, 4) is 0 Å². The Bertz CT molecular complexity index is 417. The van der Waals surface area contributed by atoms with Crippen LogP contribution in [0.15, 0.2) is 24.3 Å². The van der Waals surface area contributed by atoms with Gasteiger partial charge in [-0.2, -0.15) is 0 Å². The Hall–Kier alpha value is -1.10. The summed E-state index contributed by atoms with van der Waals surface area (Å²) in [6.07, 6.45) is 0. The molecule has 0 unspecified atom stereocenters. The lowest BCUT2D eigenvalue weighted by Crippen LogP contribution is -2.46. The number of hydrogen-bond acceptors (Lipinski definition) is 4. The molecule has 0 aliphatic carbocycles. The van der Waals surface area contributed by atoms with E-state index in [1.54, 1.807) is 0 Å². The summed E-state index contributed by atoms with van der Waals surface area (Å²) in [5.41, 5.74) is 2.82. The van der Waals surface area contributed by atoms with E-state index in [1.165, 1.54) is 44.0 Å². The normalized spacial score (nSPS) is 21.7. The van der Waals surface area contributed by atoms with Gasteiger partial charge in [-0.15, -0.1) is 0 Å². The van der Waals surface area contributed by atoms with Gasteiger partial charge in [0.15, 0.2) is 0 Å². The van der Waals surface area contributed by atoms with Gasteiger partial charge in [0.05, 0.1) is 0 Å². The lowest BCUT2D eigenvalue weighted by atomic mass is 10.1. The molecule has 116 valence electrons. The summed E-state index contributed by atoms with van der Waals surface area (Å²) in [7, 11) is 0. The summed E-state index contributed by atoms with van der Waals surface area (Å²) in [4.78, 5) is 7.57. The van der Waals surface area contributed by atoms with E-state index in [0.29, 0.717) is 0 Å². The van der Waals surface area contributed by atoms with Gasteiger partial charge in [0.25, 0.3) is 0 Å². The lowest BCUT2D eigenvalue weighted by molar-refractivity contribution is 0.233. The predicted molar refractivity (Wildman–Crippen MR) is 88.9 cm³/mol. The van der Waals surface area contributed by atoms with Crippen LogP contribution in [-0.2, 0) is 6.54 Å². The van der Waals surface area contributed by atoms with Gasteiger partial charge in [0.2, 0.25) is 0 Å². The fraction of sp³-hybridized carbons (Fsp3) is 0.647. The molecular weight excluding hydrogens is 260 g/mol. The van der Waals surface area contributed by atoms with Gasteiger partial charge < -0.3 is 15.1 Å². The third kappa shape index (κ3) is 3.96. The Labute approximate surface area is 128 Å². The van der Waals surface area contributed by atoms with E-state index >= 15 is 0 Å². The number of benzene rings is 1. The summed E-state index contributed by atoms with van der Waals surface area (Å²) in [5.74, 6) is 0. The van der Waals surface area contributed by atoms with Crippen molar-refractivity contribution in [2.75, 3.05) is 63.8 Å². The van der Waals surface area contributed by atoms with E-state index in [4.69, 9.17) is 0 Å². The van der Waals surface area contributed by atoms with Crippen molar-refractivity contribution in [3.63, 3.8) is 0 Å². The Morgan fingerprint density at radius 2 is 1.52 bits per heavy atom. The Morgan fingerprint density at radius 1 is 0.857 bits per heavy atom. The molecule has 0 radical (unpaired) electrons. The molecule has 0 saturated carbocycles. The number of nitrogens with one attached hydrogen (secondary N) is 1. The standard InChI is InChI=1S/C17H28N4/c1-2-19-11-13-21(14-12-19)17-5-3-16(4-6-17)15-20-9-7-18-8-10-20/h3-6,18H,2,7-15H2,1H3. The zero-order chi connectivity index (χ0) is 14.5. The Balaban J connectivity index is 1.54. The molecule has 2 fully saturated rings. The van der Waals surface area contributed by atoms with E-state index in [0.717, 1.165) is 32.7 Å². The molecule has 0 aromatic heterocycles. The lowest BCUT2D eigenvalue weighted by Gasteiger charge is -2.35. The molecule has 1 aromatic carbocycles. The molecule has 2 aliphatic rings. The molecular formula is C17H28N4. The summed E-state index contributed by atoms with van der Waals surface area (Å²) in [5, 5.41) is 3.41. The molecule has 2 heterocycles. The van der Waals surface area contributed by atoms with Crippen LogP contribution in [0.3, 0.4) is 0 Å². The molecule has 3 rings (SSSR count). The topological polar surface area (TPSA) is 21.8 Å². The van der Waals surface area contributed by atoms with Crippen molar-refractivity contribution in [2.24, 2.45) is 0 Å². The minimum Gasteiger partial charge on any atom is -0.369 e. The number of rotatable bonds is 4. The average Bonchev–Trinajstić information content (AvgIpc) is 2.57. The van der Waals surface area contributed by atoms with Gasteiger partial charge in [-0.1, -0.05) is 19.1 Å². The molecule has 4 nitrogen and oxygen atoms in total. The highest BCUT2D eigenvalue weighted by Gasteiger charge is 2.16. The molecule has 0 atom stereocenters. The zero-order valence-electron chi connectivity index (χ0n) is 13.2. The second-order valence-corrected chi connectivity index (χ2v) is 6.11. The number of likely N-dealkylation sites (N-methyl/N-ethyl adjacent to an activating group) is 1. The van der Waals surface area contributed by atoms with E-state index in [9.17, 15) is 0 Å². The Kier molecular flexibility index (Phi) is 5.12. The van der Waals surface area contributed by atoms with Crippen LogP contribution in [0.2, 0.25) is 0 Å². The third-order valence-electron chi connectivity index (χ3n) is 4.74. The van der Waals surface area contributed by atoms with Gasteiger partial charge in [0.1, 0.15) is 0 Å². The second-order valence-electron chi connectivity index (χ2n) is 6.11. The molecule has 2 saturated heterocycles. The fourth-order valence-corrected chi connectivity index (χ4v) is 3.26. The fourth-order valence-electron chi connectivity index (χ4n) is 3.26. The van der Waals surface area contributed by atoms with Crippen molar-refractivity contribution in [1.82, 2.24) is 15.1 Å². The first-order valence-corrected chi connectivity index (χ1v) is 8.34. The monoisotopic (exact) mass is 288 g/mol. The second kappa shape index (κ2) is 7.25. The van der Waals surface area contributed by atoms with Gasteiger partial charge in [-0.25, -0.2) is 0 Å². The van der Waals surface area contributed by atoms with Gasteiger partial charge in [-0.3, -0.25) is 4.90 Å². The van der Waals surface area contributed by atoms with Gasteiger partial charge >= 0.3 is 0 Å². The summed E-state index contributed by atoms with van der Waals surface area (Å²) in [6, 6.07) is 9.23. The maximum Gasteiger partial charge on any atom is 0.0367 e. The zero-order valence-corrected chi connectivity index (χ0v) is 13.2. The van der Waals surface area contributed by atoms with Crippen LogP contribution >= 0.6 is 0 Å². The van der Waals surface area contributed by atoms with Crippen molar-refractivity contribution >= 4 is 5.69 Å². The van der Waals surface area contributed by atoms with Crippen LogP contribution in [0, 0.1) is 0 Å². The molecule has 1 aromatic rings. The van der Waals surface area contributed by atoms with E-state index in [1.807, 2.05) is 0 Å². The van der Waals surface area contributed by atoms with Crippen LogP contribution in [0.5, 0.6) is 0 Å². The average molecular weight is 288 g/mol. The first kappa shape index (κ1) is 14.8. The number of nitrogens with zero attached hydrogens (tertiary/aromatic N) is 3. The maximum absolute atomic E-state index is 3.41. The predicted octanol–water partition coefficient (Wildman–Crippen LogP) is 1.23. The molecule has 4 heteroatoms. The molecule has 0 spiro atoms. The summed E-state index contributed by atoms with van der Waals surface area (Å²) >= 11 is 0. The molecule has 0 bridgehead atoms. The van der Waals surface area contributed by atoms with E-state index in [2.05, 4.69) is 51.2 Å². The van der Waals surface area contributed by atoms with Crippen LogP contribution in [0.1, 0.15) is 12.5 Å². The third-order valence-corrected chi connectivity index (χ3v) is 4.74. The number of hydrogen-bond donors (Lipinski definition) is 1. The van der Waals surface area contributed by atoms with Crippen LogP contribution in [0.25, 0.3) is 0 Å². The SMILES string of the molecule is CCN1CCN(c2ccc(CN3CCNCC3)cc2)CC1. The molecule has 2 aliphatic heterocycles. The van der Waals surface area contributed by atoms with Gasteiger partial charge in [-0.05, 0) is 24.2 Å². The molecule has 0 amide bonds. The molecule has 1 N–H and O–H groups in total. The van der Waals surface area contributed by atoms with Crippen molar-refractivity contribution in [3.05, 3.63) is 29.8 Å². The van der Waals surface area contributed by atoms with Crippen LogP contribution in [-0.4, -0.2) is 68.7 Å². The number of anilines is 1. The van der Waals surface area contributed by atoms with Crippen LogP contribution < -0.4 is 10.2 Å². The van der Waals surface area contributed by atoms with E-state index < -0.39 is 0 Å². The van der Waals surface area contributed by atoms with Crippen molar-refractivity contribution in [1.29, 1.82) is 0 Å². The van der Waals surface area contributed by atoms with E-state index in [-0.39, 0.29) is 0 Å². The maximum atomic E-state index is 3.41. The largest absolute Gasteiger partial charge is 0.369 e. The molecule has 21 heavy (non-hydrogen) atoms. The highest BCUT2D eigenvalue weighted by molar-refractivity contribution is 5.48. The summed E-state index contributed by atoms with van der Waals surface area (Å²) < 4.78 is 0. The smallest absolute Gasteiger partial charge is 0.0367 e. The van der Waals surface area contributed by atoms with Gasteiger partial charge in [0, 0.05) is 64.6 Å². The Morgan fingerprint density at radius 3 is 2.14 bits per heavy atom. The minimum atomic E-state index is 1.09. The summed E-state index contributed by atoms with van der Waals surface area (Å²) in [6.45, 7) is 13.8. The first-order chi connectivity index (χ1) is 10.3. The highest BCUT2D eigenvalue weighted by atomic mass is 15.3. The van der Waals surface area contributed by atoms with Crippen molar-refractivity contribution < 1.29 is 0 Å². The highest BCUT2D eigenvalue weighted by Crippen LogP contribution is 2.18. The first-order valence-electron chi connectivity index (χ1n) is 8.34.